The summed E-state index contributed by atoms with van der Waals surface area (Å²) < 4.78 is -0.889. The molecule has 0 N–H and O–H groups in total. The number of nitrogens with zero attached hydrogens (tertiary/aromatic N) is 1. The monoisotopic (exact) mass is 227 g/mol. The largest absolute Gasteiger partial charge is 0.313 e. The first-order chi connectivity index (χ1) is 5.82. The van der Waals surface area contributed by atoms with Crippen molar-refractivity contribution in [3.63, 3.8) is 0 Å². The van der Waals surface area contributed by atoms with E-state index < -0.39 is 4.70 Å². The Kier molecular flexibility index (Phi) is 10.6. The van der Waals surface area contributed by atoms with Crippen molar-refractivity contribution < 1.29 is 4.79 Å². The lowest BCUT2D eigenvalue weighted by Gasteiger charge is -2.28. The lowest BCUT2D eigenvalue weighted by Crippen LogP contribution is -2.36. The second kappa shape index (κ2) is 8.79. The summed E-state index contributed by atoms with van der Waals surface area (Å²) >= 11 is 8.80. The van der Waals surface area contributed by atoms with Crippen LogP contribution in [0.4, 0.5) is 4.79 Å². The van der Waals surface area contributed by atoms with Gasteiger partial charge in [0.25, 0.3) is 0 Å². The fourth-order valence-corrected chi connectivity index (χ4v) is 1.33. The second-order valence-electron chi connectivity index (χ2n) is 3.24. The van der Waals surface area contributed by atoms with Gasteiger partial charge in [-0.3, -0.25) is 9.69 Å². The van der Waals surface area contributed by atoms with Crippen LogP contribution in [0.1, 0.15) is 34.6 Å². The molecule has 0 saturated heterocycles. The molecule has 0 saturated carbocycles. The fourth-order valence-electron chi connectivity index (χ4n) is 1.33. The van der Waals surface area contributed by atoms with Crippen molar-refractivity contribution in [2.75, 3.05) is 6.54 Å². The quantitative estimate of drug-likeness (QED) is 0.686. The van der Waals surface area contributed by atoms with E-state index in [1.54, 1.807) is 0 Å². The van der Waals surface area contributed by atoms with Crippen LogP contribution in [0.25, 0.3) is 0 Å². The topological polar surface area (TPSA) is 20.3 Å². The third-order valence-electron chi connectivity index (χ3n) is 1.69. The summed E-state index contributed by atoms with van der Waals surface area (Å²) in [6.07, 6.45) is 0. The molecule has 13 heavy (non-hydrogen) atoms. The van der Waals surface area contributed by atoms with Crippen molar-refractivity contribution in [2.45, 2.75) is 46.7 Å². The Balaban J connectivity index is 0. The lowest BCUT2D eigenvalue weighted by atomic mass is 10.2. The van der Waals surface area contributed by atoms with E-state index in [0.29, 0.717) is 12.1 Å². The standard InChI is InChI=1S/C8H19N.CCl2O/c1-6-9(7(2)3)8(4)5;2-1(3)4/h7-8H,6H2,1-5H3;. The first-order valence-electron chi connectivity index (χ1n) is 4.43. The van der Waals surface area contributed by atoms with Crippen molar-refractivity contribution in [1.82, 2.24) is 4.90 Å². The highest BCUT2D eigenvalue weighted by Gasteiger charge is 2.08. The van der Waals surface area contributed by atoms with Crippen LogP contribution >= 0.6 is 23.2 Å². The van der Waals surface area contributed by atoms with Crippen LogP contribution in [0, 0.1) is 0 Å². The van der Waals surface area contributed by atoms with Crippen molar-refractivity contribution in [3.05, 3.63) is 0 Å². The molecule has 0 unspecified atom stereocenters. The molecule has 0 aliphatic carbocycles. The average molecular weight is 228 g/mol. The molecule has 0 aliphatic rings. The highest BCUT2D eigenvalue weighted by Crippen LogP contribution is 2.02. The number of halogens is 2. The Morgan fingerprint density at radius 1 is 1.15 bits per heavy atom. The van der Waals surface area contributed by atoms with Crippen LogP contribution in [0.2, 0.25) is 0 Å². The maximum Gasteiger partial charge on any atom is 0.313 e. The predicted octanol–water partition coefficient (Wildman–Crippen LogP) is 3.71. The second-order valence-corrected chi connectivity index (χ2v) is 4.12. The summed E-state index contributed by atoms with van der Waals surface area (Å²) in [7, 11) is 0. The molecule has 0 radical (unpaired) electrons. The Morgan fingerprint density at radius 2 is 1.38 bits per heavy atom. The smallest absolute Gasteiger partial charge is 0.299 e. The Bertz CT molecular complexity index is 126. The zero-order chi connectivity index (χ0) is 11.0. The van der Waals surface area contributed by atoms with Gasteiger partial charge in [0.15, 0.2) is 0 Å². The van der Waals surface area contributed by atoms with Gasteiger partial charge in [-0.25, -0.2) is 0 Å². The summed E-state index contributed by atoms with van der Waals surface area (Å²) in [4.78, 5) is 11.4. The first kappa shape index (κ1) is 15.7. The minimum Gasteiger partial charge on any atom is -0.299 e. The van der Waals surface area contributed by atoms with E-state index in [1.807, 2.05) is 0 Å². The molecule has 0 aromatic rings. The minimum absolute atomic E-state index is 0.690. The normalized spacial score (nSPS) is 10.3. The molecule has 0 rings (SSSR count). The Hall–Kier alpha value is 0.210. The molecule has 0 aromatic heterocycles. The van der Waals surface area contributed by atoms with Crippen molar-refractivity contribution in [2.24, 2.45) is 0 Å². The predicted molar refractivity (Wildman–Crippen MR) is 59.8 cm³/mol. The molecular weight excluding hydrogens is 209 g/mol. The number of carbonyl (C=O) groups is 1. The number of hydrogen-bond acceptors (Lipinski definition) is 2. The third kappa shape index (κ3) is 12.2. The molecule has 0 spiro atoms. The van der Waals surface area contributed by atoms with Crippen LogP contribution < -0.4 is 0 Å². The molecule has 0 bridgehead atoms. The first-order valence-corrected chi connectivity index (χ1v) is 5.19. The summed E-state index contributed by atoms with van der Waals surface area (Å²) in [5.41, 5.74) is 0. The molecule has 80 valence electrons. The van der Waals surface area contributed by atoms with Crippen LogP contribution in [0.3, 0.4) is 0 Å². The highest BCUT2D eigenvalue weighted by atomic mass is 35.5. The fraction of sp³-hybridized carbons (Fsp3) is 0.889. The molecule has 4 heteroatoms. The van der Waals surface area contributed by atoms with Gasteiger partial charge in [-0.15, -0.1) is 0 Å². The highest BCUT2D eigenvalue weighted by molar-refractivity contribution is 6.93. The van der Waals surface area contributed by atoms with Crippen molar-refractivity contribution >= 4 is 27.9 Å². The van der Waals surface area contributed by atoms with E-state index in [4.69, 9.17) is 4.79 Å². The number of rotatable bonds is 3. The summed E-state index contributed by atoms with van der Waals surface area (Å²) in [5, 5.41) is 0. The maximum atomic E-state index is 8.98. The van der Waals surface area contributed by atoms with E-state index in [9.17, 15) is 0 Å². The Morgan fingerprint density at radius 3 is 1.38 bits per heavy atom. The van der Waals surface area contributed by atoms with E-state index >= 15 is 0 Å². The zero-order valence-electron chi connectivity index (χ0n) is 8.97. The van der Waals surface area contributed by atoms with Gasteiger partial charge in [0, 0.05) is 12.1 Å². The zero-order valence-corrected chi connectivity index (χ0v) is 10.5. The van der Waals surface area contributed by atoms with E-state index in [-0.39, 0.29) is 0 Å². The molecule has 0 amide bonds. The molecule has 0 fully saturated rings. The number of carbonyl (C=O) groups excluding carboxylic acids is 1. The lowest BCUT2D eigenvalue weighted by molar-refractivity contribution is 0.185. The third-order valence-corrected chi connectivity index (χ3v) is 1.69. The molecule has 2 nitrogen and oxygen atoms in total. The van der Waals surface area contributed by atoms with Crippen LogP contribution in [0.15, 0.2) is 0 Å². The molecule has 0 heterocycles. The van der Waals surface area contributed by atoms with Gasteiger partial charge in [-0.1, -0.05) is 6.92 Å². The number of hydrogen-bond donors (Lipinski definition) is 0. The van der Waals surface area contributed by atoms with E-state index in [0.717, 1.165) is 6.54 Å². The van der Waals surface area contributed by atoms with E-state index in [1.165, 1.54) is 0 Å². The van der Waals surface area contributed by atoms with Crippen LogP contribution in [-0.2, 0) is 0 Å². The van der Waals surface area contributed by atoms with Crippen LogP contribution in [-0.4, -0.2) is 28.2 Å². The van der Waals surface area contributed by atoms with Crippen LogP contribution in [0.5, 0.6) is 0 Å². The van der Waals surface area contributed by atoms with Gasteiger partial charge in [0.1, 0.15) is 0 Å². The average Bonchev–Trinajstić information content (AvgIpc) is 1.84. The molecule has 0 atom stereocenters. The minimum atomic E-state index is -0.889. The van der Waals surface area contributed by atoms with Gasteiger partial charge >= 0.3 is 4.70 Å². The van der Waals surface area contributed by atoms with Crippen molar-refractivity contribution in [3.8, 4) is 0 Å². The van der Waals surface area contributed by atoms with E-state index in [2.05, 4.69) is 62.7 Å². The van der Waals surface area contributed by atoms with Gasteiger partial charge in [0.05, 0.1) is 0 Å². The van der Waals surface area contributed by atoms with Gasteiger partial charge in [-0.05, 0) is 57.4 Å². The van der Waals surface area contributed by atoms with Gasteiger partial charge in [0.2, 0.25) is 0 Å². The van der Waals surface area contributed by atoms with Gasteiger partial charge < -0.3 is 0 Å². The molecule has 0 aliphatic heterocycles. The SMILES string of the molecule is CCN(C(C)C)C(C)C.O=C(Cl)Cl. The van der Waals surface area contributed by atoms with Crippen molar-refractivity contribution in [1.29, 1.82) is 0 Å². The summed E-state index contributed by atoms with van der Waals surface area (Å²) in [6.45, 7) is 12.3. The summed E-state index contributed by atoms with van der Waals surface area (Å²) in [6, 6.07) is 1.38. The maximum absolute atomic E-state index is 8.98. The Labute approximate surface area is 91.2 Å². The molecule has 0 aromatic carbocycles. The summed E-state index contributed by atoms with van der Waals surface area (Å²) in [5.74, 6) is 0. The van der Waals surface area contributed by atoms with Gasteiger partial charge in [-0.2, -0.15) is 0 Å². The molecular formula is C9H19Cl2NO.